The lowest BCUT2D eigenvalue weighted by molar-refractivity contribution is 0.0520. The summed E-state index contributed by atoms with van der Waals surface area (Å²) in [5.41, 5.74) is 2.57. The van der Waals surface area contributed by atoms with E-state index in [1.807, 2.05) is 36.6 Å². The summed E-state index contributed by atoms with van der Waals surface area (Å²) in [6, 6.07) is 7.53. The molecule has 1 aromatic carbocycles. The number of thioether (sulfide) groups is 1. The molecule has 0 saturated carbocycles. The molecule has 0 fully saturated rings. The fourth-order valence-corrected chi connectivity index (χ4v) is 5.29. The zero-order chi connectivity index (χ0) is 21.1. The molecule has 10 heteroatoms. The van der Waals surface area contributed by atoms with E-state index in [0.717, 1.165) is 32.3 Å². The molecule has 1 amide bonds. The Labute approximate surface area is 184 Å². The van der Waals surface area contributed by atoms with Crippen molar-refractivity contribution in [2.24, 2.45) is 0 Å². The summed E-state index contributed by atoms with van der Waals surface area (Å²) in [5, 5.41) is 7.45. The summed E-state index contributed by atoms with van der Waals surface area (Å²) in [6.45, 7) is 3.93. The van der Waals surface area contributed by atoms with Gasteiger partial charge in [-0.2, -0.15) is 0 Å². The number of aryl methyl sites for hydroxylation is 1. The third-order valence-corrected chi connectivity index (χ3v) is 6.97. The summed E-state index contributed by atoms with van der Waals surface area (Å²) < 4.78 is 11.7. The molecule has 7 nitrogen and oxygen atoms in total. The molecule has 154 valence electrons. The van der Waals surface area contributed by atoms with E-state index in [9.17, 15) is 9.59 Å². The first kappa shape index (κ1) is 20.6. The van der Waals surface area contributed by atoms with Crippen LogP contribution in [-0.2, 0) is 10.5 Å². The lowest BCUT2D eigenvalue weighted by Crippen LogP contribution is -2.13. The topological polar surface area (TPSA) is 94.3 Å². The number of nitrogens with one attached hydrogen (secondary N) is 1. The predicted molar refractivity (Wildman–Crippen MR) is 119 cm³/mol. The molecule has 3 aromatic heterocycles. The highest BCUT2D eigenvalue weighted by atomic mass is 32.2. The van der Waals surface area contributed by atoms with Gasteiger partial charge in [0.05, 0.1) is 6.61 Å². The molecule has 0 saturated heterocycles. The Bertz CT molecular complexity index is 1210. The van der Waals surface area contributed by atoms with Crippen molar-refractivity contribution in [3.8, 4) is 0 Å². The van der Waals surface area contributed by atoms with Crippen LogP contribution in [0.15, 0.2) is 43.8 Å². The fraction of sp³-hybridized carbons (Fsp3) is 0.200. The van der Waals surface area contributed by atoms with E-state index < -0.39 is 11.9 Å². The Morgan fingerprint density at radius 1 is 1.20 bits per heavy atom. The number of carbonyl (C=O) groups is 2. The van der Waals surface area contributed by atoms with Crippen molar-refractivity contribution in [2.45, 2.75) is 23.9 Å². The van der Waals surface area contributed by atoms with E-state index in [0.29, 0.717) is 16.5 Å². The largest absolute Gasteiger partial charge is 0.461 e. The highest BCUT2D eigenvalue weighted by Gasteiger charge is 2.22. The van der Waals surface area contributed by atoms with Gasteiger partial charge in [-0.3, -0.25) is 10.1 Å². The van der Waals surface area contributed by atoms with E-state index in [2.05, 4.69) is 15.3 Å². The number of rotatable bonds is 7. The van der Waals surface area contributed by atoms with Crippen LogP contribution in [0.5, 0.6) is 0 Å². The second-order valence-corrected chi connectivity index (χ2v) is 9.10. The number of furan rings is 1. The van der Waals surface area contributed by atoms with E-state index in [4.69, 9.17) is 9.15 Å². The standard InChI is InChI=1S/C20H17N3O4S3/c1-3-26-18(25)14-10-28-19(22-14)23-17(24)16-13(9-30-20-21-11(2)8-29-20)12-6-4-5-7-15(12)27-16/h4-8,10H,3,9H2,1-2H3,(H,22,23,24). The van der Waals surface area contributed by atoms with Gasteiger partial charge in [0.2, 0.25) is 0 Å². The minimum Gasteiger partial charge on any atom is -0.461 e. The number of fused-ring (bicyclic) bond motifs is 1. The van der Waals surface area contributed by atoms with Gasteiger partial charge >= 0.3 is 5.97 Å². The van der Waals surface area contributed by atoms with E-state index >= 15 is 0 Å². The Morgan fingerprint density at radius 3 is 2.80 bits per heavy atom. The Hall–Kier alpha value is -2.69. The van der Waals surface area contributed by atoms with Crippen molar-refractivity contribution in [1.29, 1.82) is 0 Å². The number of hydrogen-bond acceptors (Lipinski definition) is 9. The number of aromatic nitrogens is 2. The van der Waals surface area contributed by atoms with Gasteiger partial charge in [-0.1, -0.05) is 30.0 Å². The first-order chi connectivity index (χ1) is 14.5. The molecule has 3 heterocycles. The van der Waals surface area contributed by atoms with Crippen molar-refractivity contribution in [3.05, 3.63) is 57.7 Å². The third kappa shape index (κ3) is 4.40. The minimum atomic E-state index is -0.520. The van der Waals surface area contributed by atoms with Crippen LogP contribution in [0, 0.1) is 6.92 Å². The van der Waals surface area contributed by atoms with Gasteiger partial charge in [-0.25, -0.2) is 14.8 Å². The summed E-state index contributed by atoms with van der Waals surface area (Å²) in [6.07, 6.45) is 0. The highest BCUT2D eigenvalue weighted by Crippen LogP contribution is 2.33. The molecule has 30 heavy (non-hydrogen) atoms. The average Bonchev–Trinajstić information content (AvgIpc) is 3.45. The number of hydrogen-bond donors (Lipinski definition) is 1. The summed E-state index contributed by atoms with van der Waals surface area (Å²) in [5.74, 6) is -0.167. The Morgan fingerprint density at radius 2 is 2.03 bits per heavy atom. The zero-order valence-corrected chi connectivity index (χ0v) is 18.6. The maximum Gasteiger partial charge on any atom is 0.357 e. The maximum absolute atomic E-state index is 12.9. The number of benzene rings is 1. The van der Waals surface area contributed by atoms with Crippen molar-refractivity contribution in [2.75, 3.05) is 11.9 Å². The monoisotopic (exact) mass is 459 g/mol. The van der Waals surface area contributed by atoms with Gasteiger partial charge < -0.3 is 9.15 Å². The number of esters is 1. The quantitative estimate of drug-likeness (QED) is 0.293. The van der Waals surface area contributed by atoms with Crippen LogP contribution in [0.3, 0.4) is 0 Å². The molecule has 0 aliphatic carbocycles. The van der Waals surface area contributed by atoms with Crippen LogP contribution in [-0.4, -0.2) is 28.5 Å². The second kappa shape index (κ2) is 8.99. The smallest absolute Gasteiger partial charge is 0.357 e. The minimum absolute atomic E-state index is 0.164. The number of ether oxygens (including phenoxy) is 1. The number of nitrogens with zero attached hydrogens (tertiary/aromatic N) is 2. The predicted octanol–water partition coefficient (Wildman–Crippen LogP) is 5.38. The number of amides is 1. The molecule has 4 aromatic rings. The molecular formula is C20H17N3O4S3. The molecule has 4 rings (SSSR count). The molecule has 0 atom stereocenters. The molecule has 0 unspecified atom stereocenters. The van der Waals surface area contributed by atoms with Crippen LogP contribution in [0.1, 0.15) is 39.2 Å². The van der Waals surface area contributed by atoms with Crippen LogP contribution in [0.2, 0.25) is 0 Å². The molecule has 0 aliphatic rings. The van der Waals surface area contributed by atoms with Gasteiger partial charge in [0.25, 0.3) is 5.91 Å². The van der Waals surface area contributed by atoms with Gasteiger partial charge in [0, 0.05) is 33.2 Å². The Balaban J connectivity index is 1.58. The maximum atomic E-state index is 12.9. The Kier molecular flexibility index (Phi) is 6.16. The first-order valence-corrected chi connectivity index (χ1v) is 11.8. The molecule has 1 N–H and O–H groups in total. The number of anilines is 1. The van der Waals surface area contributed by atoms with Gasteiger partial charge in [0.15, 0.2) is 16.6 Å². The summed E-state index contributed by atoms with van der Waals surface area (Å²) in [7, 11) is 0. The number of thiazole rings is 2. The second-order valence-electron chi connectivity index (χ2n) is 6.16. The van der Waals surface area contributed by atoms with E-state index in [1.54, 1.807) is 35.4 Å². The molecule has 0 radical (unpaired) electrons. The average molecular weight is 460 g/mol. The lowest BCUT2D eigenvalue weighted by atomic mass is 10.1. The van der Waals surface area contributed by atoms with Crippen molar-refractivity contribution >= 4 is 62.4 Å². The summed E-state index contributed by atoms with van der Waals surface area (Å²) in [4.78, 5) is 33.3. The van der Waals surface area contributed by atoms with E-state index in [1.165, 1.54) is 0 Å². The van der Waals surface area contributed by atoms with Crippen LogP contribution in [0.4, 0.5) is 5.13 Å². The highest BCUT2D eigenvalue weighted by molar-refractivity contribution is 8.00. The molecule has 0 bridgehead atoms. The SMILES string of the molecule is CCOC(=O)c1csc(NC(=O)c2oc3ccccc3c2CSc2nc(C)cs2)n1. The van der Waals surface area contributed by atoms with Gasteiger partial charge in [-0.05, 0) is 19.9 Å². The summed E-state index contributed by atoms with van der Waals surface area (Å²) >= 11 is 4.28. The normalized spacial score (nSPS) is 11.0. The first-order valence-electron chi connectivity index (χ1n) is 9.04. The third-order valence-electron chi connectivity index (χ3n) is 4.05. The van der Waals surface area contributed by atoms with Crippen LogP contribution in [0.25, 0.3) is 11.0 Å². The fourth-order valence-electron chi connectivity index (χ4n) is 2.74. The molecule has 0 spiro atoms. The number of carbonyl (C=O) groups excluding carboxylic acids is 2. The van der Waals surface area contributed by atoms with Crippen LogP contribution >= 0.6 is 34.4 Å². The molecular weight excluding hydrogens is 442 g/mol. The zero-order valence-electron chi connectivity index (χ0n) is 16.1. The van der Waals surface area contributed by atoms with Crippen molar-refractivity contribution < 1.29 is 18.7 Å². The molecule has 0 aliphatic heterocycles. The number of para-hydroxylation sites is 1. The van der Waals surface area contributed by atoms with Gasteiger partial charge in [-0.15, -0.1) is 22.7 Å². The van der Waals surface area contributed by atoms with Crippen molar-refractivity contribution in [3.63, 3.8) is 0 Å². The van der Waals surface area contributed by atoms with Gasteiger partial charge in [0.1, 0.15) is 9.92 Å². The van der Waals surface area contributed by atoms with E-state index in [-0.39, 0.29) is 18.1 Å². The lowest BCUT2D eigenvalue weighted by Gasteiger charge is -2.02. The van der Waals surface area contributed by atoms with Crippen molar-refractivity contribution in [1.82, 2.24) is 9.97 Å². The van der Waals surface area contributed by atoms with Crippen LogP contribution < -0.4 is 5.32 Å².